The van der Waals surface area contributed by atoms with Gasteiger partial charge in [-0.1, -0.05) is 36.6 Å². The third-order valence-electron chi connectivity index (χ3n) is 5.11. The van der Waals surface area contributed by atoms with E-state index in [0.717, 1.165) is 25.7 Å². The van der Waals surface area contributed by atoms with Crippen LogP contribution < -0.4 is 0 Å². The van der Waals surface area contributed by atoms with Crippen LogP contribution in [0.2, 0.25) is 5.02 Å². The molecule has 1 aromatic carbocycles. The molecule has 1 aliphatic heterocycles. The number of carbonyl (C=O) groups excluding carboxylic acids is 2. The Morgan fingerprint density at radius 1 is 1.15 bits per heavy atom. The highest BCUT2D eigenvalue weighted by atomic mass is 35.5. The van der Waals surface area contributed by atoms with Gasteiger partial charge in [-0.05, 0) is 37.1 Å². The fraction of sp³-hybridized carbons (Fsp3) is 0.300. The van der Waals surface area contributed by atoms with Gasteiger partial charge < -0.3 is 14.4 Å². The van der Waals surface area contributed by atoms with E-state index in [2.05, 4.69) is 0 Å². The van der Waals surface area contributed by atoms with E-state index < -0.39 is 17.7 Å². The first-order chi connectivity index (χ1) is 12.6. The third kappa shape index (κ3) is 2.72. The summed E-state index contributed by atoms with van der Waals surface area (Å²) in [4.78, 5) is 27.2. The molecule has 1 N–H and O–H groups in total. The van der Waals surface area contributed by atoms with Gasteiger partial charge in [0.2, 0.25) is 0 Å². The Kier molecular flexibility index (Phi) is 4.32. The van der Waals surface area contributed by atoms with Gasteiger partial charge in [0.15, 0.2) is 0 Å². The second kappa shape index (κ2) is 6.65. The van der Waals surface area contributed by atoms with Crippen molar-refractivity contribution in [1.29, 1.82) is 0 Å². The van der Waals surface area contributed by atoms with E-state index in [4.69, 9.17) is 16.0 Å². The predicted octanol–water partition coefficient (Wildman–Crippen LogP) is 4.30. The van der Waals surface area contributed by atoms with Crippen molar-refractivity contribution in [3.05, 3.63) is 64.6 Å². The average Bonchev–Trinajstić information content (AvgIpc) is 3.37. The maximum Gasteiger partial charge on any atom is 0.296 e. The van der Waals surface area contributed by atoms with E-state index in [1.807, 2.05) is 0 Å². The Labute approximate surface area is 155 Å². The first-order valence-corrected chi connectivity index (χ1v) is 9.05. The summed E-state index contributed by atoms with van der Waals surface area (Å²) < 4.78 is 5.53. The van der Waals surface area contributed by atoms with Crippen LogP contribution in [0.5, 0.6) is 0 Å². The first kappa shape index (κ1) is 16.9. The maximum atomic E-state index is 12.8. The molecule has 1 saturated carbocycles. The van der Waals surface area contributed by atoms with Gasteiger partial charge in [-0.25, -0.2) is 0 Å². The van der Waals surface area contributed by atoms with Gasteiger partial charge in [0.1, 0.15) is 17.6 Å². The van der Waals surface area contributed by atoms with Gasteiger partial charge in [-0.2, -0.15) is 0 Å². The monoisotopic (exact) mass is 371 g/mol. The molecule has 5 nitrogen and oxygen atoms in total. The van der Waals surface area contributed by atoms with Crippen LogP contribution in [0.1, 0.15) is 43.0 Å². The van der Waals surface area contributed by atoms with Gasteiger partial charge in [-0.3, -0.25) is 9.59 Å². The molecule has 1 unspecified atom stereocenters. The van der Waals surface area contributed by atoms with E-state index in [9.17, 15) is 14.7 Å². The number of rotatable bonds is 3. The highest BCUT2D eigenvalue weighted by Crippen LogP contribution is 2.43. The fourth-order valence-corrected chi connectivity index (χ4v) is 4.12. The second-order valence-electron chi connectivity index (χ2n) is 6.67. The zero-order chi connectivity index (χ0) is 18.3. The molecule has 6 heteroatoms. The van der Waals surface area contributed by atoms with E-state index in [-0.39, 0.29) is 17.4 Å². The number of hydrogen-bond donors (Lipinski definition) is 1. The molecule has 1 atom stereocenters. The van der Waals surface area contributed by atoms with Crippen LogP contribution in [0.4, 0.5) is 0 Å². The maximum absolute atomic E-state index is 12.8. The highest BCUT2D eigenvalue weighted by molar-refractivity contribution is 6.46. The Bertz CT molecular complexity index is 881. The van der Waals surface area contributed by atoms with Crippen molar-refractivity contribution in [3.8, 4) is 0 Å². The molecule has 134 valence electrons. The molecule has 0 spiro atoms. The molecule has 26 heavy (non-hydrogen) atoms. The molecule has 4 rings (SSSR count). The lowest BCUT2D eigenvalue weighted by Crippen LogP contribution is -2.37. The first-order valence-electron chi connectivity index (χ1n) is 8.67. The van der Waals surface area contributed by atoms with Crippen molar-refractivity contribution in [1.82, 2.24) is 4.90 Å². The number of amides is 1. The Morgan fingerprint density at radius 3 is 2.58 bits per heavy atom. The van der Waals surface area contributed by atoms with E-state index in [1.54, 1.807) is 41.3 Å². The summed E-state index contributed by atoms with van der Waals surface area (Å²) in [5, 5.41) is 11.3. The number of furan rings is 1. The smallest absolute Gasteiger partial charge is 0.296 e. The van der Waals surface area contributed by atoms with Crippen molar-refractivity contribution in [3.63, 3.8) is 0 Å². The number of aliphatic hydroxyl groups is 1. The molecule has 1 aromatic heterocycles. The van der Waals surface area contributed by atoms with Gasteiger partial charge in [0.25, 0.3) is 11.7 Å². The van der Waals surface area contributed by atoms with Crippen molar-refractivity contribution >= 4 is 29.1 Å². The Balaban J connectivity index is 1.87. The van der Waals surface area contributed by atoms with E-state index in [1.165, 1.54) is 6.26 Å². The molecular weight excluding hydrogens is 354 g/mol. The largest absolute Gasteiger partial charge is 0.507 e. The molecule has 0 bridgehead atoms. The number of aliphatic hydroxyl groups excluding tert-OH is 1. The lowest BCUT2D eigenvalue weighted by molar-refractivity contribution is -0.141. The number of Topliss-reactive ketones (excluding diaryl/α,β-unsaturated/α-hetero) is 1. The van der Waals surface area contributed by atoms with Crippen LogP contribution in [0.3, 0.4) is 0 Å². The second-order valence-corrected chi connectivity index (χ2v) is 7.11. The number of hydrogen-bond acceptors (Lipinski definition) is 4. The van der Waals surface area contributed by atoms with E-state index in [0.29, 0.717) is 16.3 Å². The molecular formula is C20H18ClNO4. The lowest BCUT2D eigenvalue weighted by Gasteiger charge is -2.29. The van der Waals surface area contributed by atoms with Crippen LogP contribution in [-0.2, 0) is 9.59 Å². The number of halogens is 1. The molecule has 1 saturated heterocycles. The summed E-state index contributed by atoms with van der Waals surface area (Å²) in [5.74, 6) is -1.02. The van der Waals surface area contributed by atoms with Gasteiger partial charge in [0, 0.05) is 16.6 Å². The molecule has 1 aliphatic carbocycles. The summed E-state index contributed by atoms with van der Waals surface area (Å²) in [7, 11) is 0. The number of benzene rings is 1. The minimum absolute atomic E-state index is 0.0220. The molecule has 2 heterocycles. The van der Waals surface area contributed by atoms with Crippen LogP contribution in [0, 0.1) is 0 Å². The summed E-state index contributed by atoms with van der Waals surface area (Å²) >= 11 is 6.01. The molecule has 0 radical (unpaired) electrons. The molecule has 2 aromatic rings. The standard InChI is InChI=1S/C20H18ClNO4/c21-13-6-3-5-12(11-13)18(23)16-17(15-9-4-10-26-15)22(20(25)19(16)24)14-7-1-2-8-14/h3-6,9-11,14,17,23H,1-2,7-8H2/b18-16-. The van der Waals surface area contributed by atoms with E-state index >= 15 is 0 Å². The van der Waals surface area contributed by atoms with Crippen molar-refractivity contribution in [2.24, 2.45) is 0 Å². The van der Waals surface area contributed by atoms with Crippen molar-refractivity contribution < 1.29 is 19.1 Å². The predicted molar refractivity (Wildman–Crippen MR) is 96.6 cm³/mol. The minimum atomic E-state index is -0.716. The van der Waals surface area contributed by atoms with Gasteiger partial charge in [-0.15, -0.1) is 0 Å². The molecule has 2 aliphatic rings. The molecule has 1 amide bonds. The fourth-order valence-electron chi connectivity index (χ4n) is 3.93. The van der Waals surface area contributed by atoms with Crippen LogP contribution >= 0.6 is 11.6 Å². The minimum Gasteiger partial charge on any atom is -0.507 e. The molecule has 2 fully saturated rings. The van der Waals surface area contributed by atoms with Crippen molar-refractivity contribution in [2.75, 3.05) is 0 Å². The topological polar surface area (TPSA) is 70.8 Å². The summed E-state index contributed by atoms with van der Waals surface area (Å²) in [6.07, 6.45) is 5.24. The van der Waals surface area contributed by atoms with Gasteiger partial charge >= 0.3 is 0 Å². The van der Waals surface area contributed by atoms with Crippen molar-refractivity contribution in [2.45, 2.75) is 37.8 Å². The lowest BCUT2D eigenvalue weighted by atomic mass is 9.99. The normalized spacial score (nSPS) is 23.1. The number of likely N-dealkylation sites (tertiary alicyclic amines) is 1. The summed E-state index contributed by atoms with van der Waals surface area (Å²) in [6.45, 7) is 0. The van der Waals surface area contributed by atoms with Gasteiger partial charge in [0.05, 0.1) is 11.8 Å². The average molecular weight is 372 g/mol. The summed E-state index contributed by atoms with van der Waals surface area (Å²) in [6, 6.07) is 9.29. The number of nitrogens with zero attached hydrogens (tertiary/aromatic N) is 1. The zero-order valence-corrected chi connectivity index (χ0v) is 14.8. The quantitative estimate of drug-likeness (QED) is 0.496. The number of ketones is 1. The number of carbonyl (C=O) groups is 2. The summed E-state index contributed by atoms with van der Waals surface area (Å²) in [5.41, 5.74) is 0.456. The Morgan fingerprint density at radius 2 is 1.92 bits per heavy atom. The Hall–Kier alpha value is -2.53. The highest BCUT2D eigenvalue weighted by Gasteiger charge is 2.50. The van der Waals surface area contributed by atoms with Crippen LogP contribution in [0.25, 0.3) is 5.76 Å². The SMILES string of the molecule is O=C1C(=O)N(C2CCCC2)C(c2ccco2)/C1=C(/O)c1cccc(Cl)c1. The third-order valence-corrected chi connectivity index (χ3v) is 5.34. The zero-order valence-electron chi connectivity index (χ0n) is 14.0. The van der Waals surface area contributed by atoms with Crippen LogP contribution in [-0.4, -0.2) is 27.7 Å². The van der Waals surface area contributed by atoms with Crippen LogP contribution in [0.15, 0.2) is 52.7 Å².